The molecule has 2 N–H and O–H groups in total. The molecular formula is C17H19FN2O. The molecule has 0 heterocycles. The molecule has 0 unspecified atom stereocenters. The first-order chi connectivity index (χ1) is 10.0. The topological polar surface area (TPSA) is 41.1 Å². The van der Waals surface area contributed by atoms with Crippen molar-refractivity contribution >= 4 is 11.6 Å². The highest BCUT2D eigenvalue weighted by Crippen LogP contribution is 2.19. The summed E-state index contributed by atoms with van der Waals surface area (Å²) < 4.78 is 13.7. The van der Waals surface area contributed by atoms with Crippen molar-refractivity contribution in [1.82, 2.24) is 5.32 Å². The SMILES string of the molecule is CNC(=O)c1ccc(NCc2cc(C)ccc2F)c(C)c1. The van der Waals surface area contributed by atoms with E-state index in [9.17, 15) is 9.18 Å². The maximum atomic E-state index is 13.7. The Morgan fingerprint density at radius 3 is 2.57 bits per heavy atom. The van der Waals surface area contributed by atoms with Crippen LogP contribution in [0.1, 0.15) is 27.0 Å². The summed E-state index contributed by atoms with van der Waals surface area (Å²) in [6, 6.07) is 10.5. The van der Waals surface area contributed by atoms with Crippen LogP contribution in [0, 0.1) is 19.7 Å². The quantitative estimate of drug-likeness (QED) is 0.904. The van der Waals surface area contributed by atoms with E-state index in [1.807, 2.05) is 32.0 Å². The van der Waals surface area contributed by atoms with Gasteiger partial charge in [-0.2, -0.15) is 0 Å². The minimum atomic E-state index is -0.215. The molecule has 21 heavy (non-hydrogen) atoms. The van der Waals surface area contributed by atoms with Crippen molar-refractivity contribution in [3.05, 3.63) is 64.5 Å². The lowest BCUT2D eigenvalue weighted by Gasteiger charge is -2.12. The van der Waals surface area contributed by atoms with E-state index in [0.717, 1.165) is 16.8 Å². The fourth-order valence-electron chi connectivity index (χ4n) is 2.18. The van der Waals surface area contributed by atoms with Gasteiger partial charge in [0, 0.05) is 30.4 Å². The second-order valence-electron chi connectivity index (χ2n) is 5.06. The van der Waals surface area contributed by atoms with Crippen LogP contribution < -0.4 is 10.6 Å². The van der Waals surface area contributed by atoms with Crippen LogP contribution in [-0.4, -0.2) is 13.0 Å². The highest BCUT2D eigenvalue weighted by Gasteiger charge is 2.07. The van der Waals surface area contributed by atoms with E-state index in [1.165, 1.54) is 6.07 Å². The lowest BCUT2D eigenvalue weighted by atomic mass is 10.1. The molecule has 0 saturated carbocycles. The Morgan fingerprint density at radius 1 is 1.14 bits per heavy atom. The van der Waals surface area contributed by atoms with Crippen molar-refractivity contribution < 1.29 is 9.18 Å². The molecule has 0 radical (unpaired) electrons. The maximum Gasteiger partial charge on any atom is 0.251 e. The summed E-state index contributed by atoms with van der Waals surface area (Å²) in [7, 11) is 1.60. The van der Waals surface area contributed by atoms with Gasteiger partial charge in [-0.3, -0.25) is 4.79 Å². The molecule has 0 fully saturated rings. The number of rotatable bonds is 4. The van der Waals surface area contributed by atoms with Gasteiger partial charge >= 0.3 is 0 Å². The van der Waals surface area contributed by atoms with Gasteiger partial charge in [-0.15, -0.1) is 0 Å². The third-order valence-electron chi connectivity index (χ3n) is 3.39. The number of halogens is 1. The van der Waals surface area contributed by atoms with Crippen molar-refractivity contribution in [2.24, 2.45) is 0 Å². The monoisotopic (exact) mass is 286 g/mol. The molecule has 0 bridgehead atoms. The third kappa shape index (κ3) is 3.60. The molecule has 2 aromatic rings. The van der Waals surface area contributed by atoms with Crippen LogP contribution >= 0.6 is 0 Å². The number of nitrogens with one attached hydrogen (secondary N) is 2. The van der Waals surface area contributed by atoms with Crippen LogP contribution in [0.4, 0.5) is 10.1 Å². The molecule has 0 aliphatic heterocycles. The number of hydrogen-bond acceptors (Lipinski definition) is 2. The van der Waals surface area contributed by atoms with Crippen LogP contribution in [0.25, 0.3) is 0 Å². The number of hydrogen-bond donors (Lipinski definition) is 2. The van der Waals surface area contributed by atoms with Gasteiger partial charge in [0.05, 0.1) is 0 Å². The molecule has 0 aliphatic carbocycles. The second kappa shape index (κ2) is 6.39. The summed E-state index contributed by atoms with van der Waals surface area (Å²) in [5.41, 5.74) is 4.11. The second-order valence-corrected chi connectivity index (χ2v) is 5.06. The zero-order valence-corrected chi connectivity index (χ0v) is 12.5. The average Bonchev–Trinajstić information content (AvgIpc) is 2.48. The summed E-state index contributed by atoms with van der Waals surface area (Å²) in [6.07, 6.45) is 0. The molecule has 3 nitrogen and oxygen atoms in total. The summed E-state index contributed by atoms with van der Waals surface area (Å²) in [5, 5.41) is 5.80. The molecule has 0 aromatic heterocycles. The molecule has 1 amide bonds. The molecule has 2 aromatic carbocycles. The summed E-state index contributed by atoms with van der Waals surface area (Å²) in [5.74, 6) is -0.331. The minimum absolute atomic E-state index is 0.116. The van der Waals surface area contributed by atoms with E-state index in [-0.39, 0.29) is 11.7 Å². The lowest BCUT2D eigenvalue weighted by Crippen LogP contribution is -2.18. The highest BCUT2D eigenvalue weighted by atomic mass is 19.1. The normalized spacial score (nSPS) is 10.3. The fraction of sp³-hybridized carbons (Fsp3) is 0.235. The van der Waals surface area contributed by atoms with Crippen molar-refractivity contribution in [2.75, 3.05) is 12.4 Å². The van der Waals surface area contributed by atoms with Crippen LogP contribution in [0.3, 0.4) is 0 Å². The first kappa shape index (κ1) is 15.0. The Bertz CT molecular complexity index is 668. The van der Waals surface area contributed by atoms with Crippen molar-refractivity contribution in [3.8, 4) is 0 Å². The predicted octanol–water partition coefficient (Wildman–Crippen LogP) is 3.41. The predicted molar refractivity (Wildman–Crippen MR) is 83.0 cm³/mol. The molecule has 0 aliphatic rings. The number of carbonyl (C=O) groups is 1. The molecule has 0 saturated heterocycles. The molecular weight excluding hydrogens is 267 g/mol. The van der Waals surface area contributed by atoms with Gasteiger partial charge in [0.15, 0.2) is 0 Å². The van der Waals surface area contributed by atoms with Gasteiger partial charge < -0.3 is 10.6 Å². The molecule has 4 heteroatoms. The van der Waals surface area contributed by atoms with E-state index in [0.29, 0.717) is 17.7 Å². The highest BCUT2D eigenvalue weighted by molar-refractivity contribution is 5.94. The first-order valence-electron chi connectivity index (χ1n) is 6.83. The number of aryl methyl sites for hydroxylation is 2. The number of amides is 1. The van der Waals surface area contributed by atoms with Crippen LogP contribution in [0.2, 0.25) is 0 Å². The maximum absolute atomic E-state index is 13.7. The minimum Gasteiger partial charge on any atom is -0.381 e. The average molecular weight is 286 g/mol. The van der Waals surface area contributed by atoms with Crippen molar-refractivity contribution in [2.45, 2.75) is 20.4 Å². The summed E-state index contributed by atoms with van der Waals surface area (Å²) >= 11 is 0. The number of anilines is 1. The molecule has 0 atom stereocenters. The van der Waals surface area contributed by atoms with Crippen molar-refractivity contribution in [3.63, 3.8) is 0 Å². The Labute approximate surface area is 124 Å². The van der Waals surface area contributed by atoms with Gasteiger partial charge in [-0.1, -0.05) is 17.7 Å². The van der Waals surface area contributed by atoms with E-state index in [4.69, 9.17) is 0 Å². The van der Waals surface area contributed by atoms with Crippen LogP contribution in [0.15, 0.2) is 36.4 Å². The largest absolute Gasteiger partial charge is 0.381 e. The number of benzene rings is 2. The molecule has 0 spiro atoms. The summed E-state index contributed by atoms with van der Waals surface area (Å²) in [6.45, 7) is 4.27. The molecule has 2 rings (SSSR count). The fourth-order valence-corrected chi connectivity index (χ4v) is 2.18. The summed E-state index contributed by atoms with van der Waals surface area (Å²) in [4.78, 5) is 11.6. The van der Waals surface area contributed by atoms with E-state index in [2.05, 4.69) is 10.6 Å². The van der Waals surface area contributed by atoms with E-state index in [1.54, 1.807) is 19.2 Å². The Morgan fingerprint density at radius 2 is 1.90 bits per heavy atom. The third-order valence-corrected chi connectivity index (χ3v) is 3.39. The van der Waals surface area contributed by atoms with E-state index < -0.39 is 0 Å². The van der Waals surface area contributed by atoms with E-state index >= 15 is 0 Å². The standard InChI is InChI=1S/C17H19FN2O/c1-11-4-6-15(18)14(8-11)10-20-16-7-5-13(9-12(16)2)17(21)19-3/h4-9,20H,10H2,1-3H3,(H,19,21). The van der Waals surface area contributed by atoms with Gasteiger partial charge in [0.25, 0.3) is 5.91 Å². The Kier molecular flexibility index (Phi) is 4.58. The van der Waals surface area contributed by atoms with Crippen LogP contribution in [0.5, 0.6) is 0 Å². The smallest absolute Gasteiger partial charge is 0.251 e. The van der Waals surface area contributed by atoms with Crippen molar-refractivity contribution in [1.29, 1.82) is 0 Å². The van der Waals surface area contributed by atoms with Crippen LogP contribution in [-0.2, 0) is 6.54 Å². The zero-order valence-electron chi connectivity index (χ0n) is 12.5. The zero-order chi connectivity index (χ0) is 15.4. The van der Waals surface area contributed by atoms with Gasteiger partial charge in [0.1, 0.15) is 5.82 Å². The Hall–Kier alpha value is -2.36. The Balaban J connectivity index is 2.13. The number of carbonyl (C=O) groups excluding carboxylic acids is 1. The van der Waals surface area contributed by atoms with Gasteiger partial charge in [-0.05, 0) is 43.7 Å². The van der Waals surface area contributed by atoms with Gasteiger partial charge in [0.2, 0.25) is 0 Å². The lowest BCUT2D eigenvalue weighted by molar-refractivity contribution is 0.0963. The first-order valence-corrected chi connectivity index (χ1v) is 6.83. The van der Waals surface area contributed by atoms with Gasteiger partial charge in [-0.25, -0.2) is 4.39 Å². The molecule has 110 valence electrons.